The third-order valence-electron chi connectivity index (χ3n) is 4.37. The van der Waals surface area contributed by atoms with Gasteiger partial charge in [0.2, 0.25) is 0 Å². The molecule has 19 heavy (non-hydrogen) atoms. The summed E-state index contributed by atoms with van der Waals surface area (Å²) < 4.78 is 1.24. The van der Waals surface area contributed by atoms with Gasteiger partial charge in [0.1, 0.15) is 0 Å². The van der Waals surface area contributed by atoms with Gasteiger partial charge in [0.25, 0.3) is 0 Å². The summed E-state index contributed by atoms with van der Waals surface area (Å²) in [6.45, 7) is 5.96. The maximum atomic E-state index is 5.99. The van der Waals surface area contributed by atoms with Crippen molar-refractivity contribution in [1.29, 1.82) is 0 Å². The summed E-state index contributed by atoms with van der Waals surface area (Å²) in [6, 6.07) is 3.45. The topological polar surface area (TPSA) is 32.5 Å². The number of likely N-dealkylation sites (tertiary alicyclic amines) is 2. The van der Waals surface area contributed by atoms with Crippen molar-refractivity contribution < 1.29 is 0 Å². The molecule has 3 nitrogen and oxygen atoms in total. The Balaban J connectivity index is 1.50. The standard InChI is InChI=1S/C14H22BrN3S/c15-14-7-11(10-19-14)8-17-4-3-13(9-17)18-5-1-12(16)2-6-18/h7,10,12-13H,1-6,8-9,16H2. The van der Waals surface area contributed by atoms with Crippen LogP contribution in [0.5, 0.6) is 0 Å². The van der Waals surface area contributed by atoms with Crippen molar-refractivity contribution in [2.75, 3.05) is 26.2 Å². The highest BCUT2D eigenvalue weighted by Gasteiger charge is 2.29. The van der Waals surface area contributed by atoms with Crippen LogP contribution in [0.1, 0.15) is 24.8 Å². The van der Waals surface area contributed by atoms with Crippen LogP contribution in [0.2, 0.25) is 0 Å². The Morgan fingerprint density at radius 3 is 2.74 bits per heavy atom. The lowest BCUT2D eigenvalue weighted by molar-refractivity contribution is 0.151. The second-order valence-corrected chi connectivity index (χ2v) is 8.10. The molecule has 0 saturated carbocycles. The zero-order valence-electron chi connectivity index (χ0n) is 11.2. The van der Waals surface area contributed by atoms with E-state index >= 15 is 0 Å². The predicted octanol–water partition coefficient (Wildman–Crippen LogP) is 2.51. The maximum Gasteiger partial charge on any atom is 0.0701 e. The SMILES string of the molecule is NC1CCN(C2CCN(Cc3csc(Br)c3)C2)CC1. The highest BCUT2D eigenvalue weighted by molar-refractivity contribution is 9.11. The molecule has 3 heterocycles. The molecule has 0 radical (unpaired) electrons. The summed E-state index contributed by atoms with van der Waals surface area (Å²) in [6.07, 6.45) is 3.67. The molecule has 1 aromatic rings. The fourth-order valence-electron chi connectivity index (χ4n) is 3.23. The molecule has 1 aromatic heterocycles. The van der Waals surface area contributed by atoms with Crippen LogP contribution in [-0.2, 0) is 6.54 Å². The van der Waals surface area contributed by atoms with Crippen LogP contribution < -0.4 is 5.73 Å². The molecular formula is C14H22BrN3S. The van der Waals surface area contributed by atoms with E-state index in [1.807, 2.05) is 0 Å². The van der Waals surface area contributed by atoms with Gasteiger partial charge in [0.05, 0.1) is 3.79 Å². The van der Waals surface area contributed by atoms with Crippen LogP contribution in [0.3, 0.4) is 0 Å². The van der Waals surface area contributed by atoms with Gasteiger partial charge in [0, 0.05) is 31.7 Å². The van der Waals surface area contributed by atoms with E-state index < -0.39 is 0 Å². The van der Waals surface area contributed by atoms with Crippen molar-refractivity contribution in [3.8, 4) is 0 Å². The van der Waals surface area contributed by atoms with E-state index in [-0.39, 0.29) is 0 Å². The lowest BCUT2D eigenvalue weighted by atomic mass is 10.0. The zero-order chi connectivity index (χ0) is 13.2. The Kier molecular flexibility index (Phi) is 4.59. The molecule has 3 rings (SSSR count). The lowest BCUT2D eigenvalue weighted by Gasteiger charge is -2.34. The van der Waals surface area contributed by atoms with Crippen LogP contribution in [-0.4, -0.2) is 48.1 Å². The highest BCUT2D eigenvalue weighted by Crippen LogP contribution is 2.25. The third-order valence-corrected chi connectivity index (χ3v) is 5.92. The van der Waals surface area contributed by atoms with Gasteiger partial charge in [-0.05, 0) is 65.3 Å². The highest BCUT2D eigenvalue weighted by atomic mass is 79.9. The summed E-state index contributed by atoms with van der Waals surface area (Å²) in [5, 5.41) is 2.26. The van der Waals surface area contributed by atoms with Gasteiger partial charge in [-0.25, -0.2) is 0 Å². The number of rotatable bonds is 3. The molecule has 0 spiro atoms. The molecule has 5 heteroatoms. The number of hydrogen-bond donors (Lipinski definition) is 1. The molecule has 1 atom stereocenters. The minimum atomic E-state index is 0.442. The summed E-state index contributed by atoms with van der Waals surface area (Å²) in [7, 11) is 0. The quantitative estimate of drug-likeness (QED) is 0.915. The van der Waals surface area contributed by atoms with Gasteiger partial charge < -0.3 is 5.73 Å². The normalized spacial score (nSPS) is 27.2. The van der Waals surface area contributed by atoms with Crippen LogP contribution in [0.4, 0.5) is 0 Å². The Hall–Kier alpha value is 0.0600. The number of thiophene rings is 1. The number of hydrogen-bond acceptors (Lipinski definition) is 4. The van der Waals surface area contributed by atoms with Gasteiger partial charge in [-0.2, -0.15) is 0 Å². The summed E-state index contributed by atoms with van der Waals surface area (Å²) in [5.74, 6) is 0. The number of nitrogens with two attached hydrogens (primary N) is 1. The lowest BCUT2D eigenvalue weighted by Crippen LogP contribution is -2.46. The van der Waals surface area contributed by atoms with Gasteiger partial charge in [-0.15, -0.1) is 11.3 Å². The minimum Gasteiger partial charge on any atom is -0.328 e. The minimum absolute atomic E-state index is 0.442. The van der Waals surface area contributed by atoms with Crippen molar-refractivity contribution in [2.45, 2.75) is 37.9 Å². The van der Waals surface area contributed by atoms with Crippen LogP contribution in [0.25, 0.3) is 0 Å². The molecule has 1 unspecified atom stereocenters. The number of piperidine rings is 1. The summed E-state index contributed by atoms with van der Waals surface area (Å²) in [5.41, 5.74) is 7.43. The van der Waals surface area contributed by atoms with Gasteiger partial charge in [-0.1, -0.05) is 0 Å². The first kappa shape index (κ1) is 14.0. The largest absolute Gasteiger partial charge is 0.328 e. The second-order valence-electron chi connectivity index (χ2n) is 5.81. The molecule has 0 aliphatic carbocycles. The Morgan fingerprint density at radius 2 is 2.05 bits per heavy atom. The van der Waals surface area contributed by atoms with E-state index in [0.717, 1.165) is 12.6 Å². The van der Waals surface area contributed by atoms with E-state index in [1.54, 1.807) is 11.3 Å². The summed E-state index contributed by atoms with van der Waals surface area (Å²) >= 11 is 5.32. The molecule has 106 valence electrons. The van der Waals surface area contributed by atoms with Gasteiger partial charge in [-0.3, -0.25) is 9.80 Å². The maximum absolute atomic E-state index is 5.99. The Morgan fingerprint density at radius 1 is 1.26 bits per heavy atom. The van der Waals surface area contributed by atoms with Crippen molar-refractivity contribution in [3.63, 3.8) is 0 Å². The number of halogens is 1. The molecule has 2 aliphatic rings. The molecule has 2 saturated heterocycles. The van der Waals surface area contributed by atoms with Crippen LogP contribution in [0, 0.1) is 0 Å². The molecule has 2 aliphatic heterocycles. The fourth-order valence-corrected chi connectivity index (χ4v) is 4.43. The van der Waals surface area contributed by atoms with E-state index in [4.69, 9.17) is 5.73 Å². The Labute approximate surface area is 127 Å². The molecule has 0 bridgehead atoms. The zero-order valence-corrected chi connectivity index (χ0v) is 13.6. The third kappa shape index (κ3) is 3.58. The smallest absolute Gasteiger partial charge is 0.0701 e. The molecule has 0 amide bonds. The molecule has 2 fully saturated rings. The number of nitrogens with zero attached hydrogens (tertiary/aromatic N) is 2. The van der Waals surface area contributed by atoms with Crippen LogP contribution in [0.15, 0.2) is 15.2 Å². The first-order valence-electron chi connectivity index (χ1n) is 7.15. The van der Waals surface area contributed by atoms with Crippen molar-refractivity contribution >= 4 is 27.3 Å². The monoisotopic (exact) mass is 343 g/mol. The van der Waals surface area contributed by atoms with E-state index in [0.29, 0.717) is 6.04 Å². The average Bonchev–Trinajstić information content (AvgIpc) is 3.00. The van der Waals surface area contributed by atoms with Crippen molar-refractivity contribution in [1.82, 2.24) is 9.80 Å². The van der Waals surface area contributed by atoms with Crippen molar-refractivity contribution in [3.05, 3.63) is 20.8 Å². The van der Waals surface area contributed by atoms with E-state index in [1.165, 1.54) is 54.8 Å². The summed E-state index contributed by atoms with van der Waals surface area (Å²) in [4.78, 5) is 5.25. The average molecular weight is 344 g/mol. The molecule has 0 aromatic carbocycles. The predicted molar refractivity (Wildman–Crippen MR) is 84.5 cm³/mol. The van der Waals surface area contributed by atoms with Crippen molar-refractivity contribution in [2.24, 2.45) is 5.73 Å². The fraction of sp³-hybridized carbons (Fsp3) is 0.714. The van der Waals surface area contributed by atoms with E-state index in [2.05, 4.69) is 37.2 Å². The van der Waals surface area contributed by atoms with Crippen LogP contribution >= 0.6 is 27.3 Å². The first-order chi connectivity index (χ1) is 9.20. The Bertz CT molecular complexity index is 415. The van der Waals surface area contributed by atoms with E-state index in [9.17, 15) is 0 Å². The van der Waals surface area contributed by atoms with Gasteiger partial charge >= 0.3 is 0 Å². The second kappa shape index (κ2) is 6.22. The molecular weight excluding hydrogens is 322 g/mol. The van der Waals surface area contributed by atoms with Gasteiger partial charge in [0.15, 0.2) is 0 Å². The first-order valence-corrected chi connectivity index (χ1v) is 8.83. The molecule has 2 N–H and O–H groups in total.